The van der Waals surface area contributed by atoms with Gasteiger partial charge in [-0.3, -0.25) is 4.79 Å². The molecule has 3 aromatic heterocycles. The van der Waals surface area contributed by atoms with E-state index in [0.29, 0.717) is 37.7 Å². The molecule has 0 radical (unpaired) electrons. The zero-order chi connectivity index (χ0) is 21.2. The van der Waals surface area contributed by atoms with Crippen molar-refractivity contribution in [1.82, 2.24) is 20.3 Å². The quantitative estimate of drug-likeness (QED) is 0.497. The van der Waals surface area contributed by atoms with Crippen LogP contribution in [-0.2, 0) is 4.74 Å². The van der Waals surface area contributed by atoms with E-state index in [-0.39, 0.29) is 11.9 Å². The number of hydrogen-bond donors (Lipinski definition) is 2. The number of thiophene rings is 1. The minimum Gasteiger partial charge on any atom is -0.378 e. The lowest BCUT2D eigenvalue weighted by Gasteiger charge is -2.29. The zero-order valence-corrected chi connectivity index (χ0v) is 18.0. The summed E-state index contributed by atoms with van der Waals surface area (Å²) < 4.78 is 5.49. The maximum Gasteiger partial charge on any atom is 0.255 e. The van der Waals surface area contributed by atoms with Crippen LogP contribution in [0.3, 0.4) is 0 Å². The molecule has 0 bridgehead atoms. The van der Waals surface area contributed by atoms with E-state index in [1.807, 2.05) is 54.8 Å². The third-order valence-electron chi connectivity index (χ3n) is 5.41. The minimum absolute atomic E-state index is 0.168. The number of ether oxygens (including phenoxy) is 1. The Morgan fingerprint density at radius 1 is 1.16 bits per heavy atom. The third-order valence-corrected chi connectivity index (χ3v) is 6.10. The van der Waals surface area contributed by atoms with Gasteiger partial charge in [-0.2, -0.15) is 11.3 Å². The highest BCUT2D eigenvalue weighted by atomic mass is 32.1. The number of nitrogens with one attached hydrogen (secondary N) is 2. The normalized spacial score (nSPS) is 15.2. The molecule has 1 aliphatic heterocycles. The topological polar surface area (TPSA) is 83.1 Å². The van der Waals surface area contributed by atoms with Crippen LogP contribution in [0.4, 0.5) is 5.82 Å². The van der Waals surface area contributed by atoms with Crippen LogP contribution in [0, 0.1) is 0 Å². The van der Waals surface area contributed by atoms with Crippen molar-refractivity contribution >= 4 is 34.1 Å². The van der Waals surface area contributed by atoms with Gasteiger partial charge in [-0.05, 0) is 42.6 Å². The second-order valence-corrected chi connectivity index (χ2v) is 8.29. The Labute approximate surface area is 184 Å². The minimum atomic E-state index is -0.269. The maximum atomic E-state index is 13.3. The Morgan fingerprint density at radius 3 is 2.77 bits per heavy atom. The highest BCUT2D eigenvalue weighted by molar-refractivity contribution is 7.08. The molecule has 5 rings (SSSR count). The van der Waals surface area contributed by atoms with Gasteiger partial charge in [-0.25, -0.2) is 9.97 Å². The zero-order valence-electron chi connectivity index (χ0n) is 17.2. The van der Waals surface area contributed by atoms with Crippen LogP contribution in [0.2, 0.25) is 0 Å². The number of carbonyl (C=O) groups is 1. The predicted molar refractivity (Wildman–Crippen MR) is 123 cm³/mol. The fourth-order valence-corrected chi connectivity index (χ4v) is 4.38. The number of imidazole rings is 1. The molecule has 31 heavy (non-hydrogen) atoms. The van der Waals surface area contributed by atoms with Crippen molar-refractivity contribution in [2.75, 3.05) is 31.2 Å². The largest absolute Gasteiger partial charge is 0.378 e. The summed E-state index contributed by atoms with van der Waals surface area (Å²) >= 11 is 1.63. The molecule has 0 unspecified atom stereocenters. The van der Waals surface area contributed by atoms with Gasteiger partial charge in [-0.15, -0.1) is 0 Å². The molecule has 1 aliphatic rings. The molecule has 7 nitrogen and oxygen atoms in total. The standard InChI is InChI=1S/C23H23N5O2S/c1-15(21-25-19-4-2-3-5-20(19)26-21)24-23(29)17-6-7-18(16-8-13-31-14-16)27-22(17)28-9-11-30-12-10-28/h2-8,13-15H,9-12H2,1H3,(H,24,29)(H,25,26)/t15-/m0/s1. The monoisotopic (exact) mass is 433 g/mol. The summed E-state index contributed by atoms with van der Waals surface area (Å²) in [6.07, 6.45) is 0. The van der Waals surface area contributed by atoms with E-state index >= 15 is 0 Å². The van der Waals surface area contributed by atoms with Gasteiger partial charge in [0.15, 0.2) is 0 Å². The molecule has 8 heteroatoms. The Balaban J connectivity index is 1.44. The number of para-hydroxylation sites is 2. The Hall–Kier alpha value is -3.23. The number of rotatable bonds is 5. The number of carbonyl (C=O) groups excluding carboxylic acids is 1. The van der Waals surface area contributed by atoms with Gasteiger partial charge in [0.2, 0.25) is 0 Å². The Bertz CT molecular complexity index is 1160. The smallest absolute Gasteiger partial charge is 0.255 e. The summed E-state index contributed by atoms with van der Waals surface area (Å²) in [5.74, 6) is 1.26. The first-order valence-corrected chi connectivity index (χ1v) is 11.2. The molecule has 0 spiro atoms. The first-order valence-electron chi connectivity index (χ1n) is 10.3. The highest BCUT2D eigenvalue weighted by Gasteiger charge is 2.23. The fourth-order valence-electron chi connectivity index (χ4n) is 3.73. The van der Waals surface area contributed by atoms with Crippen molar-refractivity contribution in [3.8, 4) is 11.3 Å². The Kier molecular flexibility index (Phi) is 5.40. The van der Waals surface area contributed by atoms with E-state index in [1.165, 1.54) is 0 Å². The van der Waals surface area contributed by atoms with E-state index < -0.39 is 0 Å². The number of morpholine rings is 1. The second kappa shape index (κ2) is 8.49. The van der Waals surface area contributed by atoms with Gasteiger partial charge in [0.05, 0.1) is 41.5 Å². The van der Waals surface area contributed by atoms with Crippen LogP contribution >= 0.6 is 11.3 Å². The van der Waals surface area contributed by atoms with Gasteiger partial charge in [0.1, 0.15) is 11.6 Å². The number of hydrogen-bond acceptors (Lipinski definition) is 6. The van der Waals surface area contributed by atoms with Gasteiger partial charge < -0.3 is 19.9 Å². The van der Waals surface area contributed by atoms with Crippen LogP contribution in [0.1, 0.15) is 29.1 Å². The number of pyridine rings is 1. The van der Waals surface area contributed by atoms with Crippen molar-refractivity contribution in [3.05, 3.63) is 64.6 Å². The number of nitrogens with zero attached hydrogens (tertiary/aromatic N) is 3. The van der Waals surface area contributed by atoms with Gasteiger partial charge >= 0.3 is 0 Å². The lowest BCUT2D eigenvalue weighted by Crippen LogP contribution is -2.39. The van der Waals surface area contributed by atoms with Crippen LogP contribution in [-0.4, -0.2) is 47.2 Å². The SMILES string of the molecule is C[C@H](NC(=O)c1ccc(-c2ccsc2)nc1N1CCOCC1)c1nc2ccccc2[nH]1. The molecule has 4 aromatic rings. The number of anilines is 1. The molecule has 1 amide bonds. The molecular formula is C23H23N5O2S. The molecule has 0 saturated carbocycles. The summed E-state index contributed by atoms with van der Waals surface area (Å²) in [6.45, 7) is 4.60. The van der Waals surface area contributed by atoms with Crippen molar-refractivity contribution in [1.29, 1.82) is 0 Å². The van der Waals surface area contributed by atoms with Gasteiger partial charge in [0.25, 0.3) is 5.91 Å². The molecule has 0 aliphatic carbocycles. The summed E-state index contributed by atoms with van der Waals surface area (Å²) in [4.78, 5) is 28.1. The lowest BCUT2D eigenvalue weighted by atomic mass is 10.1. The predicted octanol–water partition coefficient (Wildman–Crippen LogP) is 4.01. The van der Waals surface area contributed by atoms with E-state index in [2.05, 4.69) is 25.6 Å². The van der Waals surface area contributed by atoms with E-state index in [0.717, 1.165) is 28.1 Å². The molecule has 4 heterocycles. The molecule has 1 fully saturated rings. The average Bonchev–Trinajstić information content (AvgIpc) is 3.49. The summed E-state index contributed by atoms with van der Waals surface area (Å²) in [5, 5.41) is 7.17. The second-order valence-electron chi connectivity index (χ2n) is 7.51. The van der Waals surface area contributed by atoms with Crippen LogP contribution in [0.25, 0.3) is 22.3 Å². The number of aromatic amines is 1. The summed E-state index contributed by atoms with van der Waals surface area (Å²) in [6, 6.07) is 13.4. The highest BCUT2D eigenvalue weighted by Crippen LogP contribution is 2.27. The number of H-pyrrole nitrogens is 1. The third kappa shape index (κ3) is 4.04. The van der Waals surface area contributed by atoms with Crippen molar-refractivity contribution in [2.24, 2.45) is 0 Å². The van der Waals surface area contributed by atoms with Crippen LogP contribution in [0.5, 0.6) is 0 Å². The fraction of sp³-hybridized carbons (Fsp3) is 0.261. The first-order chi connectivity index (χ1) is 15.2. The average molecular weight is 434 g/mol. The Morgan fingerprint density at radius 2 is 2.00 bits per heavy atom. The number of amides is 1. The number of aromatic nitrogens is 3. The molecular weight excluding hydrogens is 410 g/mol. The number of benzene rings is 1. The summed E-state index contributed by atoms with van der Waals surface area (Å²) in [7, 11) is 0. The van der Waals surface area contributed by atoms with Crippen LogP contribution < -0.4 is 10.2 Å². The van der Waals surface area contributed by atoms with Gasteiger partial charge in [0, 0.05) is 24.0 Å². The maximum absolute atomic E-state index is 13.3. The number of fused-ring (bicyclic) bond motifs is 1. The van der Waals surface area contributed by atoms with Crippen LogP contribution in [0.15, 0.2) is 53.2 Å². The first kappa shape index (κ1) is 19.7. The van der Waals surface area contributed by atoms with E-state index in [9.17, 15) is 4.79 Å². The van der Waals surface area contributed by atoms with Gasteiger partial charge in [-0.1, -0.05) is 12.1 Å². The van der Waals surface area contributed by atoms with Crippen molar-refractivity contribution in [2.45, 2.75) is 13.0 Å². The molecule has 1 atom stereocenters. The molecule has 1 aromatic carbocycles. The molecule has 158 valence electrons. The van der Waals surface area contributed by atoms with E-state index in [4.69, 9.17) is 9.72 Å². The molecule has 1 saturated heterocycles. The van der Waals surface area contributed by atoms with Crippen molar-refractivity contribution in [3.63, 3.8) is 0 Å². The van der Waals surface area contributed by atoms with Crippen molar-refractivity contribution < 1.29 is 9.53 Å². The lowest BCUT2D eigenvalue weighted by molar-refractivity contribution is 0.0936. The summed E-state index contributed by atoms with van der Waals surface area (Å²) in [5.41, 5.74) is 4.32. The van der Waals surface area contributed by atoms with E-state index in [1.54, 1.807) is 11.3 Å². The molecule has 2 N–H and O–H groups in total.